The molecular formula is C15H18Cl2N2O4. The van der Waals surface area contributed by atoms with Crippen molar-refractivity contribution in [3.05, 3.63) is 34.3 Å². The van der Waals surface area contributed by atoms with Gasteiger partial charge in [0.25, 0.3) is 0 Å². The molecule has 0 bridgehead atoms. The first kappa shape index (κ1) is 17.8. The number of ether oxygens (including phenoxy) is 2. The van der Waals surface area contributed by atoms with Crippen molar-refractivity contribution in [2.45, 2.75) is 32.4 Å². The Morgan fingerprint density at radius 2 is 2.04 bits per heavy atom. The second-order valence-corrected chi connectivity index (χ2v) is 6.80. The highest BCUT2D eigenvalue weighted by atomic mass is 35.5. The highest BCUT2D eigenvalue weighted by molar-refractivity contribution is 6.32. The molecule has 1 aliphatic heterocycles. The average molecular weight is 361 g/mol. The molecule has 0 unspecified atom stereocenters. The second kappa shape index (κ2) is 6.95. The lowest BCUT2D eigenvalue weighted by Crippen LogP contribution is -2.47. The predicted molar refractivity (Wildman–Crippen MR) is 87.1 cm³/mol. The van der Waals surface area contributed by atoms with Crippen molar-refractivity contribution in [2.75, 3.05) is 13.2 Å². The molecule has 0 fully saturated rings. The lowest BCUT2D eigenvalue weighted by Gasteiger charge is -2.36. The zero-order chi connectivity index (χ0) is 17.2. The third-order valence-corrected chi connectivity index (χ3v) is 3.36. The van der Waals surface area contributed by atoms with E-state index in [1.165, 1.54) is 11.2 Å². The van der Waals surface area contributed by atoms with Gasteiger partial charge in [0.1, 0.15) is 28.8 Å². The zero-order valence-corrected chi connectivity index (χ0v) is 14.6. The highest BCUT2D eigenvalue weighted by Gasteiger charge is 2.34. The maximum absolute atomic E-state index is 12.6. The van der Waals surface area contributed by atoms with Crippen LogP contribution < -0.4 is 0 Å². The summed E-state index contributed by atoms with van der Waals surface area (Å²) in [5.74, 6) is 0. The summed E-state index contributed by atoms with van der Waals surface area (Å²) in [6.45, 7) is 5.18. The van der Waals surface area contributed by atoms with Crippen LogP contribution in [0.3, 0.4) is 0 Å². The van der Waals surface area contributed by atoms with Gasteiger partial charge in [-0.2, -0.15) is 0 Å². The van der Waals surface area contributed by atoms with Crippen molar-refractivity contribution in [1.29, 1.82) is 0 Å². The first-order chi connectivity index (χ1) is 10.7. The van der Waals surface area contributed by atoms with Crippen molar-refractivity contribution in [2.24, 2.45) is 0 Å². The summed E-state index contributed by atoms with van der Waals surface area (Å²) < 4.78 is 10.8. The van der Waals surface area contributed by atoms with Crippen LogP contribution in [0.2, 0.25) is 10.3 Å². The minimum Gasteiger partial charge on any atom is -0.497 e. The fraction of sp³-hybridized carbons (Fsp3) is 0.467. The fourth-order valence-corrected chi connectivity index (χ4v) is 2.54. The van der Waals surface area contributed by atoms with Crippen LogP contribution in [0.1, 0.15) is 26.3 Å². The average Bonchev–Trinajstić information content (AvgIpc) is 2.43. The molecule has 8 heteroatoms. The molecule has 0 spiro atoms. The summed E-state index contributed by atoms with van der Waals surface area (Å²) in [5, 5.41) is 9.93. The fourth-order valence-electron chi connectivity index (χ4n) is 2.08. The molecule has 1 aromatic heterocycles. The number of halogens is 2. The molecule has 6 nitrogen and oxygen atoms in total. The van der Waals surface area contributed by atoms with E-state index in [1.807, 2.05) is 0 Å². The molecule has 0 radical (unpaired) electrons. The molecule has 23 heavy (non-hydrogen) atoms. The number of nitrogens with zero attached hydrogens (tertiary/aromatic N) is 2. The number of carbonyl (C=O) groups is 1. The topological polar surface area (TPSA) is 71.9 Å². The molecular weight excluding hydrogens is 343 g/mol. The molecule has 1 aromatic rings. The van der Waals surface area contributed by atoms with Crippen LogP contribution >= 0.6 is 23.2 Å². The van der Waals surface area contributed by atoms with Crippen LogP contribution in [-0.2, 0) is 9.47 Å². The van der Waals surface area contributed by atoms with Gasteiger partial charge in [-0.25, -0.2) is 9.78 Å². The first-order valence-electron chi connectivity index (χ1n) is 6.99. The van der Waals surface area contributed by atoms with E-state index in [9.17, 15) is 9.90 Å². The quantitative estimate of drug-likeness (QED) is 0.819. The van der Waals surface area contributed by atoms with Crippen LogP contribution in [-0.4, -0.2) is 45.9 Å². The van der Waals surface area contributed by atoms with E-state index in [0.29, 0.717) is 11.3 Å². The van der Waals surface area contributed by atoms with E-state index in [0.717, 1.165) is 0 Å². The predicted octanol–water partition coefficient (Wildman–Crippen LogP) is 3.32. The van der Waals surface area contributed by atoms with Crippen LogP contribution in [0, 0.1) is 0 Å². The van der Waals surface area contributed by atoms with Gasteiger partial charge in [0.2, 0.25) is 0 Å². The standard InChI is InChI=1S/C15H18Cl2N2O4/c1-15(2,3)23-14(21)19-10(6-20)7-22-8-11(19)9-4-12(16)18-13(17)5-9/h4-5,8,10,20H,6-7H2,1-3H3/t10-/m1/s1. The Kier molecular flexibility index (Phi) is 5.39. The van der Waals surface area contributed by atoms with Crippen LogP contribution in [0.4, 0.5) is 4.79 Å². The van der Waals surface area contributed by atoms with Crippen molar-refractivity contribution in [3.8, 4) is 0 Å². The molecule has 0 aliphatic carbocycles. The van der Waals surface area contributed by atoms with Gasteiger partial charge < -0.3 is 14.6 Å². The van der Waals surface area contributed by atoms with E-state index < -0.39 is 17.7 Å². The summed E-state index contributed by atoms with van der Waals surface area (Å²) >= 11 is 11.9. The van der Waals surface area contributed by atoms with Crippen molar-refractivity contribution in [3.63, 3.8) is 0 Å². The Hall–Kier alpha value is -1.50. The lowest BCUT2D eigenvalue weighted by molar-refractivity contribution is 0.00969. The molecule has 0 aromatic carbocycles. The number of hydrogen-bond donors (Lipinski definition) is 1. The molecule has 1 aliphatic rings. The monoisotopic (exact) mass is 360 g/mol. The summed E-state index contributed by atoms with van der Waals surface area (Å²) in [4.78, 5) is 17.8. The van der Waals surface area contributed by atoms with E-state index in [2.05, 4.69) is 4.98 Å². The molecule has 126 valence electrons. The van der Waals surface area contributed by atoms with Gasteiger partial charge in [0, 0.05) is 5.56 Å². The smallest absolute Gasteiger partial charge is 0.415 e. The number of aliphatic hydroxyl groups is 1. The third kappa shape index (κ3) is 4.50. The van der Waals surface area contributed by atoms with Gasteiger partial charge in [-0.05, 0) is 32.9 Å². The molecule has 1 N–H and O–H groups in total. The van der Waals surface area contributed by atoms with Gasteiger partial charge >= 0.3 is 6.09 Å². The highest BCUT2D eigenvalue weighted by Crippen LogP contribution is 2.30. The molecule has 1 atom stereocenters. The number of amides is 1. The van der Waals surface area contributed by atoms with E-state index in [1.54, 1.807) is 32.9 Å². The summed E-state index contributed by atoms with van der Waals surface area (Å²) in [6, 6.07) is 2.54. The number of carbonyl (C=O) groups excluding carboxylic acids is 1. The van der Waals surface area contributed by atoms with E-state index in [-0.39, 0.29) is 23.5 Å². The maximum atomic E-state index is 12.6. The number of hydrogen-bond acceptors (Lipinski definition) is 5. The zero-order valence-electron chi connectivity index (χ0n) is 13.0. The van der Waals surface area contributed by atoms with Crippen molar-refractivity contribution < 1.29 is 19.4 Å². The largest absolute Gasteiger partial charge is 0.497 e. The van der Waals surface area contributed by atoms with E-state index in [4.69, 9.17) is 32.7 Å². The van der Waals surface area contributed by atoms with Gasteiger partial charge in [-0.3, -0.25) is 4.90 Å². The van der Waals surface area contributed by atoms with Gasteiger partial charge in [0.15, 0.2) is 0 Å². The Bertz CT molecular complexity index is 608. The SMILES string of the molecule is CC(C)(C)OC(=O)N1C(c2cc(Cl)nc(Cl)c2)=COC[C@H]1CO. The normalized spacial score (nSPS) is 18.3. The number of aromatic nitrogens is 1. The molecule has 1 amide bonds. The molecule has 0 saturated heterocycles. The lowest BCUT2D eigenvalue weighted by atomic mass is 10.1. The molecule has 0 saturated carbocycles. The minimum atomic E-state index is -0.673. The Labute approximate surface area is 144 Å². The minimum absolute atomic E-state index is 0.159. The van der Waals surface area contributed by atoms with E-state index >= 15 is 0 Å². The van der Waals surface area contributed by atoms with Gasteiger partial charge in [0.05, 0.1) is 18.3 Å². The Balaban J connectivity index is 2.42. The number of rotatable bonds is 2. The van der Waals surface area contributed by atoms with Crippen molar-refractivity contribution >= 4 is 35.0 Å². The summed E-state index contributed by atoms with van der Waals surface area (Å²) in [6.07, 6.45) is 0.827. The molecule has 2 rings (SSSR count). The Morgan fingerprint density at radius 1 is 1.43 bits per heavy atom. The number of aliphatic hydroxyl groups excluding tert-OH is 1. The first-order valence-corrected chi connectivity index (χ1v) is 7.75. The van der Waals surface area contributed by atoms with Gasteiger partial charge in [-0.1, -0.05) is 23.2 Å². The van der Waals surface area contributed by atoms with Crippen LogP contribution in [0.5, 0.6) is 0 Å². The van der Waals surface area contributed by atoms with Crippen LogP contribution in [0.15, 0.2) is 18.4 Å². The third-order valence-electron chi connectivity index (χ3n) is 2.97. The summed E-state index contributed by atoms with van der Waals surface area (Å²) in [5.41, 5.74) is 0.267. The second-order valence-electron chi connectivity index (χ2n) is 6.02. The Morgan fingerprint density at radius 3 is 2.57 bits per heavy atom. The number of pyridine rings is 1. The van der Waals surface area contributed by atoms with Crippen LogP contribution in [0.25, 0.3) is 5.70 Å². The van der Waals surface area contributed by atoms with Crippen molar-refractivity contribution in [1.82, 2.24) is 9.88 Å². The summed E-state index contributed by atoms with van der Waals surface area (Å²) in [7, 11) is 0. The maximum Gasteiger partial charge on any atom is 0.415 e. The molecule has 2 heterocycles. The van der Waals surface area contributed by atoms with Gasteiger partial charge in [-0.15, -0.1) is 0 Å².